The van der Waals surface area contributed by atoms with E-state index in [0.717, 1.165) is 11.1 Å². The summed E-state index contributed by atoms with van der Waals surface area (Å²) in [4.78, 5) is 13.1. The first kappa shape index (κ1) is 14.0. The number of aromatic nitrogens is 2. The number of hydrogen-bond donors (Lipinski definition) is 0. The molecule has 0 aliphatic carbocycles. The zero-order valence-corrected chi connectivity index (χ0v) is 12.9. The Bertz CT molecular complexity index is 763. The van der Waals surface area contributed by atoms with Gasteiger partial charge in [-0.2, -0.15) is 5.10 Å². The van der Waals surface area contributed by atoms with Crippen LogP contribution in [0.15, 0.2) is 54.9 Å². The molecule has 0 amide bonds. The van der Waals surface area contributed by atoms with Gasteiger partial charge in [-0.05, 0) is 24.6 Å². The Hall–Kier alpha value is -1.91. The van der Waals surface area contributed by atoms with Gasteiger partial charge in [0, 0.05) is 11.8 Å². The number of carbonyl (C=O) groups excluding carboxylic acids is 1. The number of thiophene rings is 1. The average Bonchev–Trinajstić information content (AvgIpc) is 3.16. The van der Waals surface area contributed by atoms with Gasteiger partial charge < -0.3 is 0 Å². The molecule has 3 aromatic rings. The van der Waals surface area contributed by atoms with Gasteiger partial charge in [0.05, 0.1) is 15.4 Å². The van der Waals surface area contributed by atoms with E-state index in [1.165, 1.54) is 11.3 Å². The lowest BCUT2D eigenvalue weighted by atomic mass is 10.1. The molecule has 2 heterocycles. The fraction of sp³-hybridized carbons (Fsp3) is 0.125. The summed E-state index contributed by atoms with van der Waals surface area (Å²) in [6.07, 6.45) is 3.67. The van der Waals surface area contributed by atoms with Crippen LogP contribution >= 0.6 is 22.9 Å². The van der Waals surface area contributed by atoms with Crippen LogP contribution in [0, 0.1) is 0 Å². The average molecular weight is 317 g/mol. The van der Waals surface area contributed by atoms with Gasteiger partial charge in [-0.15, -0.1) is 11.3 Å². The topological polar surface area (TPSA) is 34.9 Å². The highest BCUT2D eigenvalue weighted by Gasteiger charge is 2.19. The Morgan fingerprint density at radius 2 is 1.95 bits per heavy atom. The van der Waals surface area contributed by atoms with E-state index in [-0.39, 0.29) is 11.8 Å². The number of benzene rings is 1. The highest BCUT2D eigenvalue weighted by Crippen LogP contribution is 2.26. The number of hydrogen-bond acceptors (Lipinski definition) is 3. The summed E-state index contributed by atoms with van der Waals surface area (Å²) in [6, 6.07) is 13.1. The molecule has 0 radical (unpaired) electrons. The highest BCUT2D eigenvalue weighted by atomic mass is 35.5. The third-order valence-corrected chi connectivity index (χ3v) is 4.55. The Labute approximate surface area is 131 Å². The van der Waals surface area contributed by atoms with Crippen molar-refractivity contribution in [2.75, 3.05) is 0 Å². The molecule has 0 saturated carbocycles. The van der Waals surface area contributed by atoms with Gasteiger partial charge in [0.15, 0.2) is 5.78 Å². The molecule has 0 spiro atoms. The van der Waals surface area contributed by atoms with Crippen molar-refractivity contribution in [2.45, 2.75) is 13.0 Å². The second-order valence-corrected chi connectivity index (χ2v) is 6.43. The fourth-order valence-corrected chi connectivity index (χ4v) is 3.17. The molecule has 0 saturated heterocycles. The van der Waals surface area contributed by atoms with Crippen LogP contribution in [0.4, 0.5) is 0 Å². The minimum Gasteiger partial charge on any atom is -0.291 e. The SMILES string of the molecule is CC(C(=O)c1ccc(Cl)s1)n1cc(-c2ccccc2)cn1. The lowest BCUT2D eigenvalue weighted by Gasteiger charge is -2.09. The van der Waals surface area contributed by atoms with Gasteiger partial charge in [-0.3, -0.25) is 9.48 Å². The fourth-order valence-electron chi connectivity index (χ4n) is 2.10. The van der Waals surface area contributed by atoms with Gasteiger partial charge in [0.1, 0.15) is 6.04 Å². The van der Waals surface area contributed by atoms with Crippen molar-refractivity contribution in [1.82, 2.24) is 9.78 Å². The molecule has 0 aliphatic rings. The Kier molecular flexibility index (Phi) is 3.90. The van der Waals surface area contributed by atoms with E-state index in [1.807, 2.05) is 43.5 Å². The number of Topliss-reactive ketones (excluding diaryl/α,β-unsaturated/α-hetero) is 1. The molecule has 0 fully saturated rings. The Morgan fingerprint density at radius 3 is 2.62 bits per heavy atom. The number of rotatable bonds is 4. The summed E-state index contributed by atoms with van der Waals surface area (Å²) in [7, 11) is 0. The Morgan fingerprint density at radius 1 is 1.19 bits per heavy atom. The standard InChI is InChI=1S/C16H13ClN2OS/c1-11(16(20)14-7-8-15(17)21-14)19-10-13(9-18-19)12-5-3-2-4-6-12/h2-11H,1H3. The molecule has 0 aliphatic heterocycles. The van der Waals surface area contributed by atoms with Crippen molar-refractivity contribution < 1.29 is 4.79 Å². The zero-order valence-electron chi connectivity index (χ0n) is 11.4. The summed E-state index contributed by atoms with van der Waals surface area (Å²) >= 11 is 7.18. The number of halogens is 1. The molecular formula is C16H13ClN2OS. The molecule has 106 valence electrons. The predicted molar refractivity (Wildman–Crippen MR) is 86.0 cm³/mol. The molecule has 1 atom stereocenters. The van der Waals surface area contributed by atoms with E-state index in [1.54, 1.807) is 23.0 Å². The monoisotopic (exact) mass is 316 g/mol. The van der Waals surface area contributed by atoms with Crippen molar-refractivity contribution in [1.29, 1.82) is 0 Å². The summed E-state index contributed by atoms with van der Waals surface area (Å²) in [5, 5.41) is 4.31. The van der Waals surface area contributed by atoms with Gasteiger partial charge >= 0.3 is 0 Å². The Balaban J connectivity index is 1.84. The van der Waals surface area contributed by atoms with Crippen LogP contribution in [0.25, 0.3) is 11.1 Å². The normalized spacial score (nSPS) is 12.3. The van der Waals surface area contributed by atoms with Crippen LogP contribution in [-0.2, 0) is 0 Å². The molecule has 2 aromatic heterocycles. The third kappa shape index (κ3) is 2.91. The van der Waals surface area contributed by atoms with Crippen molar-refractivity contribution in [3.8, 4) is 11.1 Å². The number of nitrogens with zero attached hydrogens (tertiary/aromatic N) is 2. The first-order valence-electron chi connectivity index (χ1n) is 6.54. The molecule has 0 bridgehead atoms. The molecular weight excluding hydrogens is 304 g/mol. The van der Waals surface area contributed by atoms with Crippen LogP contribution in [0.2, 0.25) is 4.34 Å². The van der Waals surface area contributed by atoms with Crippen molar-refractivity contribution in [3.05, 3.63) is 64.1 Å². The van der Waals surface area contributed by atoms with E-state index in [4.69, 9.17) is 11.6 Å². The van der Waals surface area contributed by atoms with Gasteiger partial charge in [-0.1, -0.05) is 41.9 Å². The molecule has 1 aromatic carbocycles. The van der Waals surface area contributed by atoms with E-state index >= 15 is 0 Å². The molecule has 21 heavy (non-hydrogen) atoms. The van der Waals surface area contributed by atoms with Gasteiger partial charge in [-0.25, -0.2) is 0 Å². The maximum Gasteiger partial charge on any atom is 0.197 e. The zero-order chi connectivity index (χ0) is 14.8. The van der Waals surface area contributed by atoms with E-state index < -0.39 is 0 Å². The maximum atomic E-state index is 12.4. The lowest BCUT2D eigenvalue weighted by molar-refractivity contribution is 0.0932. The number of carbonyl (C=O) groups is 1. The molecule has 0 N–H and O–H groups in total. The summed E-state index contributed by atoms with van der Waals surface area (Å²) in [6.45, 7) is 1.84. The van der Waals surface area contributed by atoms with Crippen LogP contribution in [-0.4, -0.2) is 15.6 Å². The first-order valence-corrected chi connectivity index (χ1v) is 7.74. The molecule has 5 heteroatoms. The largest absolute Gasteiger partial charge is 0.291 e. The second-order valence-electron chi connectivity index (χ2n) is 4.72. The molecule has 1 unspecified atom stereocenters. The highest BCUT2D eigenvalue weighted by molar-refractivity contribution is 7.18. The van der Waals surface area contributed by atoms with E-state index in [2.05, 4.69) is 5.10 Å². The minimum absolute atomic E-state index is 0.0228. The molecule has 3 rings (SSSR count). The van der Waals surface area contributed by atoms with Crippen LogP contribution in [0.5, 0.6) is 0 Å². The van der Waals surface area contributed by atoms with Crippen LogP contribution in [0.1, 0.15) is 22.6 Å². The number of ketones is 1. The van der Waals surface area contributed by atoms with E-state index in [9.17, 15) is 4.79 Å². The maximum absolute atomic E-state index is 12.4. The van der Waals surface area contributed by atoms with Crippen molar-refractivity contribution in [3.63, 3.8) is 0 Å². The third-order valence-electron chi connectivity index (χ3n) is 3.30. The molecule has 3 nitrogen and oxygen atoms in total. The lowest BCUT2D eigenvalue weighted by Crippen LogP contribution is -2.16. The van der Waals surface area contributed by atoms with Crippen molar-refractivity contribution in [2.24, 2.45) is 0 Å². The summed E-state index contributed by atoms with van der Waals surface area (Å²) < 4.78 is 2.31. The van der Waals surface area contributed by atoms with Crippen molar-refractivity contribution >= 4 is 28.7 Å². The first-order chi connectivity index (χ1) is 10.1. The quantitative estimate of drug-likeness (QED) is 0.653. The smallest absolute Gasteiger partial charge is 0.197 e. The summed E-state index contributed by atoms with van der Waals surface area (Å²) in [5.74, 6) is 0.0228. The van der Waals surface area contributed by atoms with Gasteiger partial charge in [0.25, 0.3) is 0 Å². The van der Waals surface area contributed by atoms with Crippen LogP contribution < -0.4 is 0 Å². The predicted octanol–water partition coefficient (Wildman–Crippen LogP) is 4.71. The minimum atomic E-state index is -0.350. The van der Waals surface area contributed by atoms with Gasteiger partial charge in [0.2, 0.25) is 0 Å². The summed E-state index contributed by atoms with van der Waals surface area (Å²) in [5.41, 5.74) is 2.09. The second kappa shape index (κ2) is 5.84. The van der Waals surface area contributed by atoms with E-state index in [0.29, 0.717) is 9.21 Å². The van der Waals surface area contributed by atoms with Crippen LogP contribution in [0.3, 0.4) is 0 Å².